The van der Waals surface area contributed by atoms with E-state index >= 15 is 0 Å². The summed E-state index contributed by atoms with van der Waals surface area (Å²) < 4.78 is 17.2. The number of halogens is 1. The normalized spacial score (nSPS) is 17.3. The maximum Gasteiger partial charge on any atom is 1.00 e. The van der Waals surface area contributed by atoms with Crippen molar-refractivity contribution in [1.82, 2.24) is 19.9 Å². The zero-order chi connectivity index (χ0) is 35.4. The molecule has 4 heterocycles. The molecule has 0 spiro atoms. The van der Waals surface area contributed by atoms with Crippen LogP contribution in [0.25, 0.3) is 0 Å². The third kappa shape index (κ3) is 19.8. The van der Waals surface area contributed by atoms with Gasteiger partial charge in [-0.15, -0.1) is 0 Å². The van der Waals surface area contributed by atoms with Gasteiger partial charge in [0, 0.05) is 73.7 Å². The summed E-state index contributed by atoms with van der Waals surface area (Å²) in [5.74, 6) is 1.54. The number of unbranched alkanes of at least 4 members (excludes halogenated alkanes) is 1. The van der Waals surface area contributed by atoms with Crippen LogP contribution in [0.2, 0.25) is 0 Å². The van der Waals surface area contributed by atoms with Crippen LogP contribution < -0.4 is 34.1 Å². The number of rotatable bonds is 10. The summed E-state index contributed by atoms with van der Waals surface area (Å²) in [4.78, 5) is 21.4. The number of nitrogens with zero attached hydrogens (tertiary/aromatic N) is 6. The molecule has 4 rings (SSSR count). The van der Waals surface area contributed by atoms with Crippen molar-refractivity contribution in [3.8, 4) is 0 Å². The van der Waals surface area contributed by atoms with E-state index in [1.165, 1.54) is 44.5 Å². The van der Waals surface area contributed by atoms with Crippen LogP contribution in [0.15, 0.2) is 29.3 Å². The van der Waals surface area contributed by atoms with Gasteiger partial charge in [-0.1, -0.05) is 13.3 Å². The fourth-order valence-corrected chi connectivity index (χ4v) is 4.82. The largest absolute Gasteiger partial charge is 1.00 e. The molecule has 266 valence electrons. The van der Waals surface area contributed by atoms with Crippen LogP contribution in [0, 0.1) is 6.92 Å². The summed E-state index contributed by atoms with van der Waals surface area (Å²) in [7, 11) is -2.03. The molecular formula is C33H60B2BrLiN6O5. The van der Waals surface area contributed by atoms with Gasteiger partial charge in [0.2, 0.25) is 11.9 Å². The predicted octanol–water partition coefficient (Wildman–Crippen LogP) is 3.02. The number of aromatic nitrogens is 4. The average molecular weight is 729 g/mol. The quantitative estimate of drug-likeness (QED) is 0.277. The van der Waals surface area contributed by atoms with Crippen molar-refractivity contribution in [2.24, 2.45) is 0 Å². The van der Waals surface area contributed by atoms with Crippen LogP contribution in [0.1, 0.15) is 114 Å². The minimum absolute atomic E-state index is 0. The van der Waals surface area contributed by atoms with E-state index in [4.69, 9.17) is 24.0 Å². The Bertz CT molecular complexity index is 1040. The molecule has 0 saturated carbocycles. The van der Waals surface area contributed by atoms with E-state index in [0.29, 0.717) is 23.5 Å². The van der Waals surface area contributed by atoms with Crippen LogP contribution in [0.5, 0.6) is 0 Å². The average Bonchev–Trinajstić information content (AvgIpc) is 3.02. The smallest absolute Gasteiger partial charge is 0.423 e. The molecule has 0 aromatic carbocycles. The Labute approximate surface area is 312 Å². The minimum atomic E-state index is -1.49. The van der Waals surface area contributed by atoms with E-state index in [1.807, 2.05) is 53.9 Å². The molecule has 2 aliphatic heterocycles. The van der Waals surface area contributed by atoms with Gasteiger partial charge in [0.25, 0.3) is 0 Å². The van der Waals surface area contributed by atoms with Crippen LogP contribution >= 0.6 is 15.9 Å². The van der Waals surface area contributed by atoms with E-state index in [0.717, 1.165) is 42.8 Å². The van der Waals surface area contributed by atoms with Gasteiger partial charge in [-0.3, -0.25) is 0 Å². The molecular weight excluding hydrogens is 669 g/mol. The fourth-order valence-electron chi connectivity index (χ4n) is 4.62. The van der Waals surface area contributed by atoms with Crippen molar-refractivity contribution < 1.29 is 42.9 Å². The number of hydrogen-bond acceptors (Lipinski definition) is 11. The molecule has 2 aromatic rings. The first-order valence-electron chi connectivity index (χ1n) is 17.2. The SMILES string of the molecule is CC(C)OB(OC(C)C)OC(C)C.C[C@H]1CCCCN1c1ncc(B(O)O)cn1.C[C@H]1CCCCN1c1ncc(Br)cn1.[CH2-]CCC.[Li+]. The van der Waals surface area contributed by atoms with Gasteiger partial charge in [-0.05, 0) is 110 Å². The van der Waals surface area contributed by atoms with Crippen LogP contribution in [-0.2, 0) is 14.0 Å². The topological polar surface area (TPSA) is 126 Å². The zero-order valence-corrected chi connectivity index (χ0v) is 32.9. The number of piperidine rings is 2. The van der Waals surface area contributed by atoms with Crippen molar-refractivity contribution >= 4 is 47.7 Å². The molecule has 11 nitrogen and oxygen atoms in total. The molecule has 15 heteroatoms. The first kappa shape index (κ1) is 46.8. The summed E-state index contributed by atoms with van der Waals surface area (Å²) in [6, 6.07) is 1.03. The standard InChI is InChI=1S/C10H16BN3O2.C10H14BrN3.C9H21BO3.C4H9.Li/c1-8-4-2-3-5-14(8)10-12-6-9(7-13-10)11(15)16;1-8-4-2-3-5-14(8)10-12-6-9(11)7-13-10;1-7(2)11-10(12-8(3)4)13-9(5)6;1-3-4-2;/h6-8,15-16H,2-5H2,1H3;6-8H,2-5H2,1H3;7-9H,1-6H3;1,3-4H2,2H3;/q;;;-1;+1/t2*8-;;;/m00.../s1. The Kier molecular flexibility index (Phi) is 25.9. The zero-order valence-electron chi connectivity index (χ0n) is 31.3. The molecule has 0 aliphatic carbocycles. The maximum atomic E-state index is 8.94. The fraction of sp³-hybridized carbons (Fsp3) is 0.727. The molecule has 2 fully saturated rings. The Hall–Kier alpha value is -1.23. The van der Waals surface area contributed by atoms with Crippen molar-refractivity contribution in [2.45, 2.75) is 144 Å². The summed E-state index contributed by atoms with van der Waals surface area (Å²) in [6.07, 6.45) is 16.6. The van der Waals surface area contributed by atoms with Crippen molar-refractivity contribution in [3.63, 3.8) is 0 Å². The summed E-state index contributed by atoms with van der Waals surface area (Å²) in [5.41, 5.74) is 0.327. The molecule has 2 N–H and O–H groups in total. The van der Waals surface area contributed by atoms with Gasteiger partial charge in [0.1, 0.15) is 0 Å². The van der Waals surface area contributed by atoms with Gasteiger partial charge in [-0.25, -0.2) is 19.9 Å². The van der Waals surface area contributed by atoms with E-state index < -0.39 is 14.4 Å². The molecule has 0 radical (unpaired) electrons. The van der Waals surface area contributed by atoms with Crippen molar-refractivity contribution in [3.05, 3.63) is 36.2 Å². The Morgan fingerprint density at radius 3 is 1.42 bits per heavy atom. The van der Waals surface area contributed by atoms with Crippen LogP contribution in [0.3, 0.4) is 0 Å². The third-order valence-electron chi connectivity index (χ3n) is 7.19. The number of anilines is 2. The maximum absolute atomic E-state index is 8.94. The molecule has 0 unspecified atom stereocenters. The second kappa shape index (κ2) is 26.6. The van der Waals surface area contributed by atoms with Gasteiger partial charge >= 0.3 is 33.3 Å². The second-order valence-corrected chi connectivity index (χ2v) is 13.6. The van der Waals surface area contributed by atoms with E-state index in [9.17, 15) is 0 Å². The Morgan fingerprint density at radius 1 is 0.771 bits per heavy atom. The summed E-state index contributed by atoms with van der Waals surface area (Å²) in [5, 5.41) is 17.9. The molecule has 2 aromatic heterocycles. The Balaban J connectivity index is 0.000000650. The summed E-state index contributed by atoms with van der Waals surface area (Å²) in [6.45, 7) is 23.9. The van der Waals surface area contributed by atoms with Crippen LogP contribution in [0.4, 0.5) is 11.9 Å². The predicted molar refractivity (Wildman–Crippen MR) is 198 cm³/mol. The molecule has 2 aliphatic rings. The molecule has 48 heavy (non-hydrogen) atoms. The van der Waals surface area contributed by atoms with E-state index in [2.05, 4.69) is 73.4 Å². The second-order valence-electron chi connectivity index (χ2n) is 12.7. The Morgan fingerprint density at radius 2 is 1.12 bits per heavy atom. The van der Waals surface area contributed by atoms with Gasteiger partial charge < -0.3 is 40.7 Å². The molecule has 2 atom stereocenters. The first-order valence-corrected chi connectivity index (χ1v) is 18.0. The van der Waals surface area contributed by atoms with Crippen LogP contribution in [-0.4, -0.2) is 87.9 Å². The monoisotopic (exact) mass is 728 g/mol. The van der Waals surface area contributed by atoms with Gasteiger partial charge in [-0.2, -0.15) is 6.42 Å². The van der Waals surface area contributed by atoms with E-state index in [-0.39, 0.29) is 37.2 Å². The minimum Gasteiger partial charge on any atom is -0.423 e. The van der Waals surface area contributed by atoms with Crippen molar-refractivity contribution in [1.29, 1.82) is 0 Å². The van der Waals surface area contributed by atoms with Crippen molar-refractivity contribution in [2.75, 3.05) is 22.9 Å². The molecule has 0 amide bonds. The molecule has 0 bridgehead atoms. The number of hydrogen-bond donors (Lipinski definition) is 2. The van der Waals surface area contributed by atoms with Gasteiger partial charge in [0.05, 0.1) is 4.47 Å². The first-order chi connectivity index (χ1) is 22.3. The van der Waals surface area contributed by atoms with E-state index in [1.54, 1.807) is 0 Å². The summed E-state index contributed by atoms with van der Waals surface area (Å²) >= 11 is 3.34. The third-order valence-corrected chi connectivity index (χ3v) is 7.60. The molecule has 2 saturated heterocycles. The van der Waals surface area contributed by atoms with Gasteiger partial charge in [0.15, 0.2) is 0 Å².